The van der Waals surface area contributed by atoms with Gasteiger partial charge >= 0.3 is 0 Å². The third-order valence-electron chi connectivity index (χ3n) is 3.00. The Morgan fingerprint density at radius 2 is 1.91 bits per heavy atom. The minimum absolute atomic E-state index is 0.233. The summed E-state index contributed by atoms with van der Waals surface area (Å²) in [6.45, 7) is 2.75. The highest BCUT2D eigenvalue weighted by Crippen LogP contribution is 2.27. The maximum atomic E-state index is 12.2. The molecule has 0 amide bonds. The summed E-state index contributed by atoms with van der Waals surface area (Å²) < 4.78 is 33.1. The zero-order valence-corrected chi connectivity index (χ0v) is 14.6. The molecular formula is C12H13BrN4O3S2. The van der Waals surface area contributed by atoms with Crippen molar-refractivity contribution in [2.75, 3.05) is 35.9 Å². The predicted octanol–water partition coefficient (Wildman–Crippen LogP) is 1.94. The summed E-state index contributed by atoms with van der Waals surface area (Å²) in [6, 6.07) is 3.23. The fourth-order valence-electron chi connectivity index (χ4n) is 1.95. The first-order valence-corrected chi connectivity index (χ1v) is 9.57. The van der Waals surface area contributed by atoms with Gasteiger partial charge in [-0.2, -0.15) is 0 Å². The monoisotopic (exact) mass is 404 g/mol. The number of rotatable bonds is 4. The molecule has 1 saturated heterocycles. The average Bonchev–Trinajstić information content (AvgIpc) is 2.96. The molecule has 0 saturated carbocycles. The highest BCUT2D eigenvalue weighted by molar-refractivity contribution is 9.11. The fraction of sp³-hybridized carbons (Fsp3) is 0.333. The molecule has 0 aliphatic carbocycles. The van der Waals surface area contributed by atoms with Crippen LogP contribution < -0.4 is 9.62 Å². The van der Waals surface area contributed by atoms with Crippen LogP contribution in [0.2, 0.25) is 0 Å². The minimum Gasteiger partial charge on any atom is -0.378 e. The van der Waals surface area contributed by atoms with Gasteiger partial charge in [0.1, 0.15) is 4.21 Å². The van der Waals surface area contributed by atoms with Crippen LogP contribution in [0.3, 0.4) is 0 Å². The summed E-state index contributed by atoms with van der Waals surface area (Å²) in [7, 11) is -3.61. The Morgan fingerprint density at radius 3 is 2.50 bits per heavy atom. The molecule has 1 aliphatic rings. The Kier molecular flexibility index (Phi) is 4.62. The van der Waals surface area contributed by atoms with Crippen LogP contribution in [0.15, 0.2) is 32.5 Å². The molecule has 0 bridgehead atoms. The zero-order valence-electron chi connectivity index (χ0n) is 11.4. The van der Waals surface area contributed by atoms with Crippen LogP contribution in [0, 0.1) is 0 Å². The highest BCUT2D eigenvalue weighted by Gasteiger charge is 2.18. The van der Waals surface area contributed by atoms with Gasteiger partial charge in [-0.05, 0) is 28.1 Å². The van der Waals surface area contributed by atoms with Gasteiger partial charge in [-0.25, -0.2) is 18.4 Å². The Hall–Kier alpha value is -1.23. The molecule has 1 aliphatic heterocycles. The van der Waals surface area contributed by atoms with E-state index in [-0.39, 0.29) is 4.21 Å². The van der Waals surface area contributed by atoms with Crippen molar-refractivity contribution in [1.82, 2.24) is 9.97 Å². The molecule has 2 aromatic heterocycles. The summed E-state index contributed by atoms with van der Waals surface area (Å²) in [5.41, 5.74) is 0.335. The van der Waals surface area contributed by atoms with Gasteiger partial charge in [-0.1, -0.05) is 0 Å². The SMILES string of the molecule is O=S(=O)(Nc1cnc(N2CCOCC2)nc1)c1ccc(Br)s1. The van der Waals surface area contributed by atoms with Crippen molar-refractivity contribution < 1.29 is 13.2 Å². The lowest BCUT2D eigenvalue weighted by Gasteiger charge is -2.26. The van der Waals surface area contributed by atoms with Gasteiger partial charge < -0.3 is 9.64 Å². The summed E-state index contributed by atoms with van der Waals surface area (Å²) in [6.07, 6.45) is 2.94. The van der Waals surface area contributed by atoms with Crippen molar-refractivity contribution in [3.63, 3.8) is 0 Å². The number of anilines is 2. The van der Waals surface area contributed by atoms with E-state index in [1.807, 2.05) is 4.90 Å². The van der Waals surface area contributed by atoms with E-state index in [1.165, 1.54) is 12.4 Å². The van der Waals surface area contributed by atoms with Crippen LogP contribution >= 0.6 is 27.3 Å². The van der Waals surface area contributed by atoms with Crippen molar-refractivity contribution in [3.8, 4) is 0 Å². The van der Waals surface area contributed by atoms with E-state index in [4.69, 9.17) is 4.74 Å². The molecule has 0 spiro atoms. The van der Waals surface area contributed by atoms with E-state index in [9.17, 15) is 8.42 Å². The molecule has 10 heteroatoms. The van der Waals surface area contributed by atoms with Gasteiger partial charge in [0.15, 0.2) is 0 Å². The number of morpholine rings is 1. The first-order chi connectivity index (χ1) is 10.5. The normalized spacial score (nSPS) is 15.8. The second-order valence-electron chi connectivity index (χ2n) is 4.54. The van der Waals surface area contributed by atoms with Gasteiger partial charge in [-0.15, -0.1) is 11.3 Å². The Balaban J connectivity index is 1.73. The fourth-order valence-corrected chi connectivity index (χ4v) is 4.99. The topological polar surface area (TPSA) is 84.4 Å². The number of ether oxygens (including phenoxy) is 1. The van der Waals surface area contributed by atoms with Crippen LogP contribution in [-0.4, -0.2) is 44.7 Å². The highest BCUT2D eigenvalue weighted by atomic mass is 79.9. The van der Waals surface area contributed by atoms with Crippen molar-refractivity contribution >= 4 is 48.9 Å². The number of aromatic nitrogens is 2. The lowest BCUT2D eigenvalue weighted by molar-refractivity contribution is 0.122. The number of thiophene rings is 1. The van der Waals surface area contributed by atoms with Crippen LogP contribution in [0.1, 0.15) is 0 Å². The van der Waals surface area contributed by atoms with Crippen molar-refractivity contribution in [2.45, 2.75) is 4.21 Å². The standard InChI is InChI=1S/C12H13BrN4O3S2/c13-10-1-2-11(21-10)22(18,19)16-9-7-14-12(15-8-9)17-3-5-20-6-4-17/h1-2,7-8,16H,3-6H2. The van der Waals surface area contributed by atoms with Gasteiger partial charge in [0, 0.05) is 13.1 Å². The van der Waals surface area contributed by atoms with Gasteiger partial charge in [0.05, 0.1) is 35.1 Å². The number of halogens is 1. The van der Waals surface area contributed by atoms with Crippen LogP contribution in [0.25, 0.3) is 0 Å². The molecule has 22 heavy (non-hydrogen) atoms. The molecule has 3 heterocycles. The number of sulfonamides is 1. The molecular weight excluding hydrogens is 392 g/mol. The predicted molar refractivity (Wildman–Crippen MR) is 87.9 cm³/mol. The first kappa shape index (κ1) is 15.7. The van der Waals surface area contributed by atoms with Crippen molar-refractivity contribution in [1.29, 1.82) is 0 Å². The molecule has 0 atom stereocenters. The second-order valence-corrected chi connectivity index (χ2v) is 8.91. The molecule has 1 N–H and O–H groups in total. The summed E-state index contributed by atoms with van der Waals surface area (Å²) in [4.78, 5) is 10.4. The molecule has 2 aromatic rings. The number of nitrogens with zero attached hydrogens (tertiary/aromatic N) is 3. The quantitative estimate of drug-likeness (QED) is 0.837. The Morgan fingerprint density at radius 1 is 1.23 bits per heavy atom. The van der Waals surface area contributed by atoms with E-state index >= 15 is 0 Å². The molecule has 0 radical (unpaired) electrons. The van der Waals surface area contributed by atoms with Crippen LogP contribution in [0.4, 0.5) is 11.6 Å². The van der Waals surface area contributed by atoms with Gasteiger partial charge in [0.25, 0.3) is 10.0 Å². The van der Waals surface area contributed by atoms with E-state index in [1.54, 1.807) is 12.1 Å². The third kappa shape index (κ3) is 3.57. The van der Waals surface area contributed by atoms with Crippen molar-refractivity contribution in [2.24, 2.45) is 0 Å². The molecule has 3 rings (SSSR count). The minimum atomic E-state index is -3.61. The maximum absolute atomic E-state index is 12.2. The summed E-state index contributed by atoms with van der Waals surface area (Å²) in [5, 5.41) is 0. The maximum Gasteiger partial charge on any atom is 0.271 e. The van der Waals surface area contributed by atoms with Gasteiger partial charge in [0.2, 0.25) is 5.95 Å². The second kappa shape index (κ2) is 6.49. The molecule has 0 unspecified atom stereocenters. The number of hydrogen-bond acceptors (Lipinski definition) is 7. The van der Waals surface area contributed by atoms with Gasteiger partial charge in [-0.3, -0.25) is 4.72 Å². The molecule has 1 fully saturated rings. The van der Waals surface area contributed by atoms with E-state index < -0.39 is 10.0 Å². The smallest absolute Gasteiger partial charge is 0.271 e. The Bertz CT molecular complexity index is 742. The lowest BCUT2D eigenvalue weighted by Crippen LogP contribution is -2.37. The first-order valence-electron chi connectivity index (χ1n) is 6.47. The largest absolute Gasteiger partial charge is 0.378 e. The van der Waals surface area contributed by atoms with E-state index in [0.717, 1.165) is 28.2 Å². The van der Waals surface area contributed by atoms with E-state index in [2.05, 4.69) is 30.6 Å². The number of nitrogens with one attached hydrogen (secondary N) is 1. The molecule has 0 aromatic carbocycles. The number of hydrogen-bond donors (Lipinski definition) is 1. The van der Waals surface area contributed by atoms with Crippen molar-refractivity contribution in [3.05, 3.63) is 28.3 Å². The third-order valence-corrected chi connectivity index (χ3v) is 6.49. The molecule has 7 nitrogen and oxygen atoms in total. The average molecular weight is 405 g/mol. The summed E-state index contributed by atoms with van der Waals surface area (Å²) in [5.74, 6) is 0.574. The zero-order chi connectivity index (χ0) is 15.6. The Labute approximate surface area is 140 Å². The lowest BCUT2D eigenvalue weighted by atomic mass is 10.4. The van der Waals surface area contributed by atoms with Crippen LogP contribution in [0.5, 0.6) is 0 Å². The van der Waals surface area contributed by atoms with Crippen LogP contribution in [-0.2, 0) is 14.8 Å². The molecule has 118 valence electrons. The van der Waals surface area contributed by atoms with E-state index in [0.29, 0.717) is 24.8 Å². The summed E-state index contributed by atoms with van der Waals surface area (Å²) >= 11 is 4.39.